The van der Waals surface area contributed by atoms with Gasteiger partial charge in [0.05, 0.1) is 0 Å². The molecule has 1 N–H and O–H groups in total. The van der Waals surface area contributed by atoms with Gasteiger partial charge in [0.15, 0.2) is 0 Å². The molecule has 1 aromatic carbocycles. The highest BCUT2D eigenvalue weighted by Crippen LogP contribution is 2.14. The molecule has 0 saturated carbocycles. The Hall–Kier alpha value is -0.820. The molecule has 0 aromatic heterocycles. The van der Waals surface area contributed by atoms with Crippen molar-refractivity contribution in [2.24, 2.45) is 5.92 Å². The van der Waals surface area contributed by atoms with E-state index in [1.54, 1.807) is 0 Å². The van der Waals surface area contributed by atoms with Gasteiger partial charge in [-0.2, -0.15) is 0 Å². The molecule has 1 heteroatoms. The van der Waals surface area contributed by atoms with Crippen molar-refractivity contribution >= 4 is 0 Å². The lowest BCUT2D eigenvalue weighted by Gasteiger charge is -2.21. The van der Waals surface area contributed by atoms with Gasteiger partial charge in [0.25, 0.3) is 0 Å². The third-order valence-electron chi connectivity index (χ3n) is 2.66. The van der Waals surface area contributed by atoms with Crippen molar-refractivity contribution in [1.29, 1.82) is 0 Å². The molecular weight excluding hydrogens is 182 g/mol. The molecule has 0 amide bonds. The highest BCUT2D eigenvalue weighted by atomic mass is 14.9. The van der Waals surface area contributed by atoms with Gasteiger partial charge in [-0.3, -0.25) is 0 Å². The van der Waals surface area contributed by atoms with Crippen molar-refractivity contribution in [3.8, 4) is 0 Å². The van der Waals surface area contributed by atoms with Crippen LogP contribution in [0.5, 0.6) is 0 Å². The first kappa shape index (κ1) is 12.3. The smallest absolute Gasteiger partial charge is 0.0294 e. The van der Waals surface area contributed by atoms with Gasteiger partial charge in [0.2, 0.25) is 0 Å². The average molecular weight is 205 g/mol. The second-order valence-corrected chi connectivity index (χ2v) is 4.83. The van der Waals surface area contributed by atoms with Crippen LogP contribution in [0.1, 0.15) is 45.7 Å². The number of hydrogen-bond donors (Lipinski definition) is 1. The first-order valence-electron chi connectivity index (χ1n) is 5.90. The highest BCUT2D eigenvalue weighted by Gasteiger charge is 2.09. The minimum atomic E-state index is 0.444. The Morgan fingerprint density at radius 3 is 2.13 bits per heavy atom. The fourth-order valence-corrected chi connectivity index (χ4v) is 2.04. The van der Waals surface area contributed by atoms with Crippen molar-refractivity contribution in [3.05, 3.63) is 35.9 Å². The van der Waals surface area contributed by atoms with Crippen LogP contribution in [0.4, 0.5) is 0 Å². The predicted octanol–water partition coefficient (Wildman–Crippen LogP) is 3.77. The summed E-state index contributed by atoms with van der Waals surface area (Å²) in [4.78, 5) is 0. The molecule has 0 aliphatic rings. The molecule has 0 radical (unpaired) electrons. The van der Waals surface area contributed by atoms with Crippen LogP contribution in [0.3, 0.4) is 0 Å². The Kier molecular flexibility index (Phi) is 4.83. The quantitative estimate of drug-likeness (QED) is 0.771. The molecule has 84 valence electrons. The van der Waals surface area contributed by atoms with Gasteiger partial charge in [0, 0.05) is 12.1 Å². The number of nitrogens with one attached hydrogen (secondary N) is 1. The van der Waals surface area contributed by atoms with Crippen LogP contribution in [0.15, 0.2) is 30.3 Å². The van der Waals surface area contributed by atoms with E-state index in [1.165, 1.54) is 12.0 Å². The molecule has 1 aromatic rings. The summed E-state index contributed by atoms with van der Waals surface area (Å²) in [6.45, 7) is 9.03. The van der Waals surface area contributed by atoms with Crippen LogP contribution < -0.4 is 5.32 Å². The van der Waals surface area contributed by atoms with Gasteiger partial charge < -0.3 is 5.32 Å². The summed E-state index contributed by atoms with van der Waals surface area (Å²) in [5.41, 5.74) is 1.37. The molecule has 1 rings (SSSR count). The Morgan fingerprint density at radius 1 is 1.00 bits per heavy atom. The molecule has 1 unspecified atom stereocenters. The lowest BCUT2D eigenvalue weighted by atomic mass is 10.0. The maximum absolute atomic E-state index is 3.63. The van der Waals surface area contributed by atoms with E-state index in [2.05, 4.69) is 63.3 Å². The largest absolute Gasteiger partial charge is 0.308 e. The normalized spacial score (nSPS) is 15.3. The lowest BCUT2D eigenvalue weighted by Crippen LogP contribution is -2.30. The molecule has 0 fully saturated rings. The fourth-order valence-electron chi connectivity index (χ4n) is 2.04. The van der Waals surface area contributed by atoms with E-state index < -0.39 is 0 Å². The maximum Gasteiger partial charge on any atom is 0.0294 e. The fraction of sp³-hybridized carbons (Fsp3) is 0.571. The van der Waals surface area contributed by atoms with E-state index in [4.69, 9.17) is 0 Å². The van der Waals surface area contributed by atoms with Gasteiger partial charge in [-0.25, -0.2) is 0 Å². The van der Waals surface area contributed by atoms with Crippen molar-refractivity contribution < 1.29 is 0 Å². The molecule has 0 bridgehead atoms. The molecular formula is C14H23N. The van der Waals surface area contributed by atoms with E-state index in [0.29, 0.717) is 12.1 Å². The van der Waals surface area contributed by atoms with Crippen molar-refractivity contribution in [2.75, 3.05) is 0 Å². The van der Waals surface area contributed by atoms with Crippen LogP contribution in [-0.4, -0.2) is 6.04 Å². The molecule has 0 spiro atoms. The summed E-state index contributed by atoms with van der Waals surface area (Å²) < 4.78 is 0. The second-order valence-electron chi connectivity index (χ2n) is 4.83. The first-order valence-corrected chi connectivity index (χ1v) is 5.90. The zero-order chi connectivity index (χ0) is 11.3. The first-order chi connectivity index (χ1) is 7.09. The molecule has 2 atom stereocenters. The van der Waals surface area contributed by atoms with Crippen LogP contribution in [0, 0.1) is 5.92 Å². The Morgan fingerprint density at radius 2 is 1.60 bits per heavy atom. The van der Waals surface area contributed by atoms with Crippen LogP contribution in [-0.2, 0) is 0 Å². The van der Waals surface area contributed by atoms with Crippen LogP contribution >= 0.6 is 0 Å². The van der Waals surface area contributed by atoms with Gasteiger partial charge in [0.1, 0.15) is 0 Å². The zero-order valence-electron chi connectivity index (χ0n) is 10.3. The molecule has 0 saturated heterocycles. The minimum Gasteiger partial charge on any atom is -0.308 e. The molecule has 0 heterocycles. The number of hydrogen-bond acceptors (Lipinski definition) is 1. The molecule has 0 aliphatic heterocycles. The third-order valence-corrected chi connectivity index (χ3v) is 2.66. The van der Waals surface area contributed by atoms with E-state index in [1.807, 2.05) is 0 Å². The van der Waals surface area contributed by atoms with Gasteiger partial charge in [-0.05, 0) is 31.7 Å². The van der Waals surface area contributed by atoms with Gasteiger partial charge >= 0.3 is 0 Å². The molecule has 0 aliphatic carbocycles. The van der Waals surface area contributed by atoms with E-state index in [9.17, 15) is 0 Å². The second kappa shape index (κ2) is 5.92. The molecule has 15 heavy (non-hydrogen) atoms. The van der Waals surface area contributed by atoms with Crippen molar-refractivity contribution in [3.63, 3.8) is 0 Å². The van der Waals surface area contributed by atoms with Gasteiger partial charge in [-0.1, -0.05) is 44.2 Å². The Balaban J connectivity index is 2.45. The monoisotopic (exact) mass is 205 g/mol. The van der Waals surface area contributed by atoms with Crippen molar-refractivity contribution in [2.45, 2.75) is 46.2 Å². The van der Waals surface area contributed by atoms with Crippen molar-refractivity contribution in [1.82, 2.24) is 5.32 Å². The summed E-state index contributed by atoms with van der Waals surface area (Å²) in [5.74, 6) is 0.760. The van der Waals surface area contributed by atoms with Crippen LogP contribution in [0.25, 0.3) is 0 Å². The number of benzene rings is 1. The molecule has 1 nitrogen and oxygen atoms in total. The summed E-state index contributed by atoms with van der Waals surface area (Å²) in [6.07, 6.45) is 1.23. The summed E-state index contributed by atoms with van der Waals surface area (Å²) in [5, 5.41) is 3.63. The van der Waals surface area contributed by atoms with Gasteiger partial charge in [-0.15, -0.1) is 0 Å². The van der Waals surface area contributed by atoms with E-state index in [0.717, 1.165) is 5.92 Å². The maximum atomic E-state index is 3.63. The van der Waals surface area contributed by atoms with Crippen LogP contribution in [0.2, 0.25) is 0 Å². The highest BCUT2D eigenvalue weighted by molar-refractivity contribution is 5.18. The summed E-state index contributed by atoms with van der Waals surface area (Å²) in [6, 6.07) is 11.6. The minimum absolute atomic E-state index is 0.444. The van der Waals surface area contributed by atoms with E-state index in [-0.39, 0.29) is 0 Å². The van der Waals surface area contributed by atoms with E-state index >= 15 is 0 Å². The Bertz CT molecular complexity index is 266. The average Bonchev–Trinajstić information content (AvgIpc) is 2.17. The zero-order valence-corrected chi connectivity index (χ0v) is 10.3. The third kappa shape index (κ3) is 4.48. The number of rotatable bonds is 5. The Labute approximate surface area is 93.9 Å². The SMILES string of the molecule is CC(C)C[C@H](C)NC(C)c1ccccc1. The summed E-state index contributed by atoms with van der Waals surface area (Å²) in [7, 11) is 0. The predicted molar refractivity (Wildman–Crippen MR) is 66.9 cm³/mol. The lowest BCUT2D eigenvalue weighted by molar-refractivity contribution is 0.407. The summed E-state index contributed by atoms with van der Waals surface area (Å²) >= 11 is 0. The standard InChI is InChI=1S/C14H23N/c1-11(2)10-12(3)15-13(4)14-8-6-5-7-9-14/h5-9,11-13,15H,10H2,1-4H3/t12-,13?/m0/s1. The topological polar surface area (TPSA) is 12.0 Å².